The molecule has 0 aliphatic heterocycles. The van der Waals surface area contributed by atoms with Gasteiger partial charge in [0.1, 0.15) is 0 Å². The van der Waals surface area contributed by atoms with Gasteiger partial charge in [0.05, 0.1) is 25.1 Å². The van der Waals surface area contributed by atoms with Crippen LogP contribution in [-0.4, -0.2) is 44.5 Å². The number of nitrogens with zero attached hydrogens (tertiary/aromatic N) is 2. The van der Waals surface area contributed by atoms with E-state index in [2.05, 4.69) is 9.88 Å². The van der Waals surface area contributed by atoms with Crippen molar-refractivity contribution >= 4 is 17.3 Å². The number of ether oxygens (including phenoxy) is 2. The van der Waals surface area contributed by atoms with E-state index in [1.54, 1.807) is 6.20 Å². The Kier molecular flexibility index (Phi) is 8.54. The van der Waals surface area contributed by atoms with Crippen LogP contribution in [0, 0.1) is 0 Å². The number of hydrogen-bond donors (Lipinski definition) is 0. The summed E-state index contributed by atoms with van der Waals surface area (Å²) in [5.74, 6) is 0.484. The van der Waals surface area contributed by atoms with Gasteiger partial charge in [-0.1, -0.05) is 0 Å². The van der Waals surface area contributed by atoms with E-state index in [1.807, 2.05) is 26.1 Å². The quantitative estimate of drug-likeness (QED) is 0.489. The smallest absolute Gasteiger partial charge is 0.0641 e. The number of rotatable bonds is 10. The van der Waals surface area contributed by atoms with Crippen LogP contribution in [0.1, 0.15) is 19.4 Å². The van der Waals surface area contributed by atoms with Gasteiger partial charge in [-0.2, -0.15) is 0 Å². The Labute approximate surface area is 120 Å². The molecular formula is C14H23ClN2O2. The number of halogens is 1. The summed E-state index contributed by atoms with van der Waals surface area (Å²) in [6.45, 7) is 8.48. The van der Waals surface area contributed by atoms with Crippen LogP contribution in [0.15, 0.2) is 18.5 Å². The predicted molar refractivity (Wildman–Crippen MR) is 79.0 cm³/mol. The van der Waals surface area contributed by atoms with Crippen molar-refractivity contribution in [2.45, 2.75) is 19.7 Å². The number of aromatic nitrogens is 1. The summed E-state index contributed by atoms with van der Waals surface area (Å²) in [5, 5.41) is 0. The largest absolute Gasteiger partial charge is 0.380 e. The summed E-state index contributed by atoms with van der Waals surface area (Å²) in [4.78, 5) is 6.41. The van der Waals surface area contributed by atoms with E-state index in [4.69, 9.17) is 21.1 Å². The molecule has 4 nitrogen and oxygen atoms in total. The van der Waals surface area contributed by atoms with Gasteiger partial charge >= 0.3 is 0 Å². The molecule has 0 saturated heterocycles. The zero-order chi connectivity index (χ0) is 13.9. The summed E-state index contributed by atoms with van der Waals surface area (Å²) in [6.07, 6.45) is 3.63. The molecule has 1 aromatic heterocycles. The van der Waals surface area contributed by atoms with Crippen molar-refractivity contribution in [2.75, 3.05) is 44.4 Å². The lowest BCUT2D eigenvalue weighted by Crippen LogP contribution is -2.32. The number of anilines is 1. The highest BCUT2D eigenvalue weighted by atomic mass is 35.5. The molecule has 0 amide bonds. The first-order chi connectivity index (χ1) is 9.33. The molecule has 0 radical (unpaired) electrons. The molecule has 1 rings (SSSR count). The summed E-state index contributed by atoms with van der Waals surface area (Å²) < 4.78 is 10.9. The Morgan fingerprint density at radius 1 is 1.16 bits per heavy atom. The molecule has 0 aliphatic rings. The minimum atomic E-state index is 0.484. The van der Waals surface area contributed by atoms with Crippen LogP contribution in [-0.2, 0) is 15.4 Å². The molecule has 0 atom stereocenters. The molecule has 0 aromatic carbocycles. The van der Waals surface area contributed by atoms with Crippen LogP contribution in [0.3, 0.4) is 0 Å². The van der Waals surface area contributed by atoms with Crippen molar-refractivity contribution in [3.05, 3.63) is 24.0 Å². The van der Waals surface area contributed by atoms with Crippen molar-refractivity contribution < 1.29 is 9.47 Å². The molecular weight excluding hydrogens is 264 g/mol. The van der Waals surface area contributed by atoms with Crippen molar-refractivity contribution in [3.63, 3.8) is 0 Å². The van der Waals surface area contributed by atoms with E-state index in [9.17, 15) is 0 Å². The number of pyridine rings is 1. The molecule has 108 valence electrons. The van der Waals surface area contributed by atoms with Crippen molar-refractivity contribution in [1.29, 1.82) is 0 Å². The van der Waals surface area contributed by atoms with Crippen LogP contribution < -0.4 is 4.90 Å². The van der Waals surface area contributed by atoms with Crippen LogP contribution in [0.5, 0.6) is 0 Å². The highest BCUT2D eigenvalue weighted by molar-refractivity contribution is 6.17. The molecule has 0 unspecified atom stereocenters. The third kappa shape index (κ3) is 5.76. The Morgan fingerprint density at radius 2 is 1.79 bits per heavy atom. The topological polar surface area (TPSA) is 34.6 Å². The second-order valence-corrected chi connectivity index (χ2v) is 4.29. The molecule has 0 aliphatic carbocycles. The van der Waals surface area contributed by atoms with Gasteiger partial charge in [-0.3, -0.25) is 4.98 Å². The molecule has 0 spiro atoms. The molecule has 0 bridgehead atoms. The third-order valence-corrected chi connectivity index (χ3v) is 3.08. The lowest BCUT2D eigenvalue weighted by molar-refractivity contribution is 0.141. The fraction of sp³-hybridized carbons (Fsp3) is 0.643. The van der Waals surface area contributed by atoms with Gasteiger partial charge in [-0.05, 0) is 25.5 Å². The van der Waals surface area contributed by atoms with Gasteiger partial charge in [-0.25, -0.2) is 0 Å². The van der Waals surface area contributed by atoms with Crippen molar-refractivity contribution in [1.82, 2.24) is 4.98 Å². The Hall–Kier alpha value is -0.840. The average molecular weight is 287 g/mol. The average Bonchev–Trinajstić information content (AvgIpc) is 2.46. The van der Waals surface area contributed by atoms with Gasteiger partial charge in [0, 0.05) is 38.4 Å². The number of alkyl halides is 1. The first-order valence-electron chi connectivity index (χ1n) is 6.72. The monoisotopic (exact) mass is 286 g/mol. The van der Waals surface area contributed by atoms with Crippen LogP contribution in [0.4, 0.5) is 5.69 Å². The lowest BCUT2D eigenvalue weighted by Gasteiger charge is -2.26. The maximum absolute atomic E-state index is 5.98. The summed E-state index contributed by atoms with van der Waals surface area (Å²) in [7, 11) is 0. The molecule has 0 saturated carbocycles. The molecule has 5 heteroatoms. The van der Waals surface area contributed by atoms with Crippen molar-refractivity contribution in [2.24, 2.45) is 0 Å². The second-order valence-electron chi connectivity index (χ2n) is 4.02. The van der Waals surface area contributed by atoms with E-state index in [0.29, 0.717) is 19.1 Å². The fourth-order valence-electron chi connectivity index (χ4n) is 1.80. The second kappa shape index (κ2) is 10.0. The molecule has 0 N–H and O–H groups in total. The van der Waals surface area contributed by atoms with Crippen LogP contribution >= 0.6 is 11.6 Å². The maximum atomic E-state index is 5.98. The predicted octanol–water partition coefficient (Wildman–Crippen LogP) is 2.70. The normalized spacial score (nSPS) is 10.7. The van der Waals surface area contributed by atoms with Gasteiger partial charge in [0.15, 0.2) is 0 Å². The van der Waals surface area contributed by atoms with Gasteiger partial charge in [0.2, 0.25) is 0 Å². The van der Waals surface area contributed by atoms with E-state index in [0.717, 1.165) is 37.6 Å². The summed E-state index contributed by atoms with van der Waals surface area (Å²) in [6, 6.07) is 1.96. The highest BCUT2D eigenvalue weighted by Gasteiger charge is 2.10. The third-order valence-electron chi connectivity index (χ3n) is 2.79. The first-order valence-corrected chi connectivity index (χ1v) is 7.26. The first kappa shape index (κ1) is 16.2. The van der Waals surface area contributed by atoms with Crippen LogP contribution in [0.2, 0.25) is 0 Å². The van der Waals surface area contributed by atoms with E-state index < -0.39 is 0 Å². The van der Waals surface area contributed by atoms with Gasteiger partial charge in [-0.15, -0.1) is 11.6 Å². The Morgan fingerprint density at radius 3 is 2.32 bits per heavy atom. The lowest BCUT2D eigenvalue weighted by atomic mass is 10.2. The molecule has 19 heavy (non-hydrogen) atoms. The maximum Gasteiger partial charge on any atom is 0.0641 e. The van der Waals surface area contributed by atoms with Gasteiger partial charge < -0.3 is 14.4 Å². The highest BCUT2D eigenvalue weighted by Crippen LogP contribution is 2.20. The van der Waals surface area contributed by atoms with E-state index in [-0.39, 0.29) is 0 Å². The minimum Gasteiger partial charge on any atom is -0.380 e. The zero-order valence-corrected chi connectivity index (χ0v) is 12.5. The minimum absolute atomic E-state index is 0.484. The zero-order valence-electron chi connectivity index (χ0n) is 11.8. The Balaban J connectivity index is 2.69. The summed E-state index contributed by atoms with van der Waals surface area (Å²) in [5.41, 5.74) is 2.15. The SMILES string of the molecule is CCOCCN(CCOCC)c1cnccc1CCl. The summed E-state index contributed by atoms with van der Waals surface area (Å²) >= 11 is 5.98. The fourth-order valence-corrected chi connectivity index (χ4v) is 2.03. The molecule has 0 fully saturated rings. The standard InChI is InChI=1S/C14H23ClN2O2/c1-3-18-9-7-17(8-10-19-4-2)14-12-16-6-5-13(14)11-15/h5-6,12H,3-4,7-11H2,1-2H3. The molecule has 1 heterocycles. The van der Waals surface area contributed by atoms with Crippen molar-refractivity contribution in [3.8, 4) is 0 Å². The van der Waals surface area contributed by atoms with E-state index in [1.165, 1.54) is 0 Å². The molecule has 1 aromatic rings. The Bertz CT molecular complexity index is 340. The van der Waals surface area contributed by atoms with E-state index >= 15 is 0 Å². The van der Waals surface area contributed by atoms with Crippen LogP contribution in [0.25, 0.3) is 0 Å². The number of hydrogen-bond acceptors (Lipinski definition) is 4. The van der Waals surface area contributed by atoms with Gasteiger partial charge in [0.25, 0.3) is 0 Å².